The maximum Gasteiger partial charge on any atom is 0.416 e. The number of halogens is 3. The van der Waals surface area contributed by atoms with Crippen LogP contribution in [0.4, 0.5) is 13.2 Å². The highest BCUT2D eigenvalue weighted by Gasteiger charge is 2.30. The van der Waals surface area contributed by atoms with Crippen LogP contribution in [0, 0.1) is 6.92 Å². The molecule has 1 saturated heterocycles. The molecule has 0 unspecified atom stereocenters. The van der Waals surface area contributed by atoms with Crippen LogP contribution in [0.1, 0.15) is 27.3 Å². The lowest BCUT2D eigenvalue weighted by atomic mass is 10.1. The van der Waals surface area contributed by atoms with Crippen molar-refractivity contribution in [2.45, 2.75) is 19.6 Å². The first kappa shape index (κ1) is 18.3. The van der Waals surface area contributed by atoms with Crippen molar-refractivity contribution in [1.82, 2.24) is 19.8 Å². The predicted molar refractivity (Wildman–Crippen MR) is 89.4 cm³/mol. The molecular weight excluding hydrogens is 345 g/mol. The molecule has 1 aromatic carbocycles. The summed E-state index contributed by atoms with van der Waals surface area (Å²) in [6.45, 7) is 4.43. The molecule has 1 aliphatic heterocycles. The minimum atomic E-state index is -4.34. The van der Waals surface area contributed by atoms with Crippen LogP contribution in [0.5, 0.6) is 0 Å². The zero-order valence-corrected chi connectivity index (χ0v) is 14.3. The van der Waals surface area contributed by atoms with Crippen LogP contribution in [0.2, 0.25) is 0 Å². The van der Waals surface area contributed by atoms with Gasteiger partial charge in [-0.1, -0.05) is 18.2 Å². The summed E-state index contributed by atoms with van der Waals surface area (Å²) in [6, 6.07) is 5.37. The molecule has 1 amide bonds. The topological polar surface area (TPSA) is 49.3 Å². The first-order valence-electron chi connectivity index (χ1n) is 8.29. The molecule has 1 aromatic heterocycles. The molecule has 0 saturated carbocycles. The molecule has 26 heavy (non-hydrogen) atoms. The second kappa shape index (κ2) is 7.41. The third-order valence-electron chi connectivity index (χ3n) is 4.35. The first-order chi connectivity index (χ1) is 12.3. The molecule has 0 spiro atoms. The van der Waals surface area contributed by atoms with E-state index in [1.807, 2.05) is 4.90 Å². The van der Waals surface area contributed by atoms with E-state index in [4.69, 9.17) is 0 Å². The fraction of sp³-hybridized carbons (Fsp3) is 0.389. The fourth-order valence-corrected chi connectivity index (χ4v) is 2.90. The van der Waals surface area contributed by atoms with Crippen molar-refractivity contribution in [3.8, 4) is 0 Å². The normalized spacial score (nSPS) is 15.9. The minimum absolute atomic E-state index is 0.122. The van der Waals surface area contributed by atoms with Crippen LogP contribution in [0.15, 0.2) is 36.7 Å². The Kier molecular flexibility index (Phi) is 5.22. The molecule has 5 nitrogen and oxygen atoms in total. The zero-order valence-electron chi connectivity index (χ0n) is 14.3. The minimum Gasteiger partial charge on any atom is -0.336 e. The van der Waals surface area contributed by atoms with Gasteiger partial charge < -0.3 is 4.90 Å². The molecule has 0 radical (unpaired) electrons. The van der Waals surface area contributed by atoms with Crippen LogP contribution in [-0.4, -0.2) is 51.9 Å². The Hall–Kier alpha value is -2.48. The average molecular weight is 364 g/mol. The number of aryl methyl sites for hydroxylation is 1. The number of rotatable bonds is 3. The van der Waals surface area contributed by atoms with Gasteiger partial charge in [-0.3, -0.25) is 9.69 Å². The summed E-state index contributed by atoms with van der Waals surface area (Å²) in [5.74, 6) is 0.483. The fourth-order valence-electron chi connectivity index (χ4n) is 2.90. The lowest BCUT2D eigenvalue weighted by Crippen LogP contribution is -2.48. The van der Waals surface area contributed by atoms with Crippen molar-refractivity contribution in [2.24, 2.45) is 0 Å². The highest BCUT2D eigenvalue weighted by Crippen LogP contribution is 2.29. The Morgan fingerprint density at radius 1 is 1.12 bits per heavy atom. The van der Waals surface area contributed by atoms with Gasteiger partial charge in [-0.2, -0.15) is 13.2 Å². The average Bonchev–Trinajstić information content (AvgIpc) is 2.62. The van der Waals surface area contributed by atoms with E-state index in [2.05, 4.69) is 9.97 Å². The summed E-state index contributed by atoms with van der Waals surface area (Å²) in [5, 5.41) is 0. The molecule has 8 heteroatoms. The maximum atomic E-state index is 12.8. The molecule has 0 aliphatic carbocycles. The lowest BCUT2D eigenvalue weighted by molar-refractivity contribution is -0.137. The van der Waals surface area contributed by atoms with E-state index in [0.29, 0.717) is 49.7 Å². The van der Waals surface area contributed by atoms with Crippen molar-refractivity contribution in [3.63, 3.8) is 0 Å². The number of hydrogen-bond acceptors (Lipinski definition) is 4. The van der Waals surface area contributed by atoms with Gasteiger partial charge in [-0.15, -0.1) is 0 Å². The molecule has 2 aromatic rings. The summed E-state index contributed by atoms with van der Waals surface area (Å²) in [5.41, 5.74) is 0.427. The van der Waals surface area contributed by atoms with Gasteiger partial charge in [-0.25, -0.2) is 9.97 Å². The van der Waals surface area contributed by atoms with E-state index in [-0.39, 0.29) is 5.91 Å². The number of benzene rings is 1. The molecule has 138 valence electrons. The van der Waals surface area contributed by atoms with E-state index < -0.39 is 11.7 Å². The summed E-state index contributed by atoms with van der Waals surface area (Å²) < 4.78 is 38.4. The van der Waals surface area contributed by atoms with Crippen molar-refractivity contribution in [3.05, 3.63) is 59.2 Å². The van der Waals surface area contributed by atoms with E-state index in [1.54, 1.807) is 17.9 Å². The number of piperazine rings is 1. The third-order valence-corrected chi connectivity index (χ3v) is 4.35. The maximum absolute atomic E-state index is 12.8. The standard InChI is InChI=1S/C18H19F3N4O/c1-13-22-10-15(11-23-13)17(26)25-7-5-24(6-8-25)12-14-3-2-4-16(9-14)18(19,20)21/h2-4,9-11H,5-8,12H2,1H3. The van der Waals surface area contributed by atoms with Crippen molar-refractivity contribution >= 4 is 5.91 Å². The van der Waals surface area contributed by atoms with Crippen LogP contribution < -0.4 is 0 Å². The second-order valence-corrected chi connectivity index (χ2v) is 6.29. The number of amides is 1. The molecule has 1 aliphatic rings. The van der Waals surface area contributed by atoms with E-state index in [1.165, 1.54) is 24.5 Å². The first-order valence-corrected chi connectivity index (χ1v) is 8.29. The van der Waals surface area contributed by atoms with Crippen LogP contribution in [-0.2, 0) is 12.7 Å². The van der Waals surface area contributed by atoms with Gasteiger partial charge in [0.25, 0.3) is 5.91 Å². The van der Waals surface area contributed by atoms with Gasteiger partial charge in [0.05, 0.1) is 11.1 Å². The quantitative estimate of drug-likeness (QED) is 0.840. The zero-order chi connectivity index (χ0) is 18.7. The van der Waals surface area contributed by atoms with Gasteiger partial charge in [0.1, 0.15) is 5.82 Å². The number of carbonyl (C=O) groups is 1. The molecule has 0 atom stereocenters. The van der Waals surface area contributed by atoms with Crippen molar-refractivity contribution < 1.29 is 18.0 Å². The predicted octanol–water partition coefficient (Wildman–Crippen LogP) is 2.76. The lowest BCUT2D eigenvalue weighted by Gasteiger charge is -2.34. The monoisotopic (exact) mass is 364 g/mol. The molecule has 3 rings (SSSR count). The van der Waals surface area contributed by atoms with Crippen LogP contribution >= 0.6 is 0 Å². The van der Waals surface area contributed by atoms with E-state index in [9.17, 15) is 18.0 Å². The largest absolute Gasteiger partial charge is 0.416 e. The summed E-state index contributed by atoms with van der Waals surface area (Å²) >= 11 is 0. The number of carbonyl (C=O) groups excluding carboxylic acids is 1. The van der Waals surface area contributed by atoms with Crippen LogP contribution in [0.25, 0.3) is 0 Å². The van der Waals surface area contributed by atoms with E-state index in [0.717, 1.165) is 6.07 Å². The highest BCUT2D eigenvalue weighted by molar-refractivity contribution is 5.93. The molecular formula is C18H19F3N4O. The van der Waals surface area contributed by atoms with Gasteiger partial charge >= 0.3 is 6.18 Å². The SMILES string of the molecule is Cc1ncc(C(=O)N2CCN(Cc3cccc(C(F)(F)F)c3)CC2)cn1. The van der Waals surface area contributed by atoms with Gasteiger partial charge in [0.15, 0.2) is 0 Å². The Labute approximate surface area is 149 Å². The molecule has 1 fully saturated rings. The van der Waals surface area contributed by atoms with Crippen LogP contribution in [0.3, 0.4) is 0 Å². The van der Waals surface area contributed by atoms with E-state index >= 15 is 0 Å². The number of aromatic nitrogens is 2. The Balaban J connectivity index is 1.57. The van der Waals surface area contributed by atoms with Gasteiger partial charge in [-0.05, 0) is 18.6 Å². The smallest absolute Gasteiger partial charge is 0.336 e. The second-order valence-electron chi connectivity index (χ2n) is 6.29. The molecule has 0 N–H and O–H groups in total. The van der Waals surface area contributed by atoms with Crippen molar-refractivity contribution in [2.75, 3.05) is 26.2 Å². The molecule has 2 heterocycles. The number of alkyl halides is 3. The third kappa shape index (κ3) is 4.37. The van der Waals surface area contributed by atoms with Crippen molar-refractivity contribution in [1.29, 1.82) is 0 Å². The summed E-state index contributed by atoms with van der Waals surface area (Å²) in [4.78, 5) is 24.3. The van der Waals surface area contributed by atoms with Gasteiger partial charge in [0.2, 0.25) is 0 Å². The number of hydrogen-bond donors (Lipinski definition) is 0. The molecule has 0 bridgehead atoms. The Morgan fingerprint density at radius 2 is 1.77 bits per heavy atom. The highest BCUT2D eigenvalue weighted by atomic mass is 19.4. The Morgan fingerprint density at radius 3 is 2.38 bits per heavy atom. The summed E-state index contributed by atoms with van der Waals surface area (Å²) in [7, 11) is 0. The summed E-state index contributed by atoms with van der Waals surface area (Å²) in [6.07, 6.45) is -1.31. The Bertz CT molecular complexity index is 769. The van der Waals surface area contributed by atoms with Gasteiger partial charge in [0, 0.05) is 45.1 Å². The number of nitrogens with zero attached hydrogens (tertiary/aromatic N) is 4.